The fourth-order valence-corrected chi connectivity index (χ4v) is 14.4. The Labute approximate surface area is 308 Å². The second kappa shape index (κ2) is 13.6. The van der Waals surface area contributed by atoms with Gasteiger partial charge in [-0.2, -0.15) is 0 Å². The summed E-state index contributed by atoms with van der Waals surface area (Å²) >= 11 is 1.46. The molecule has 1 aliphatic carbocycles. The summed E-state index contributed by atoms with van der Waals surface area (Å²) in [7, 11) is -3.31. The second-order valence-corrected chi connectivity index (χ2v) is 28.9. The van der Waals surface area contributed by atoms with Gasteiger partial charge >= 0.3 is 99.2 Å². The van der Waals surface area contributed by atoms with Crippen LogP contribution in [0.3, 0.4) is 0 Å². The third-order valence-electron chi connectivity index (χ3n) is 9.49. The summed E-state index contributed by atoms with van der Waals surface area (Å²) in [5.74, 6) is 0. The molecule has 0 aliphatic heterocycles. The van der Waals surface area contributed by atoms with Crippen LogP contribution in [0.2, 0.25) is 39.3 Å². The topological polar surface area (TPSA) is 0 Å². The standard InChI is InChI=1S/C32H45Si2.C13H10.Zr/c1-31(2,3)23-17-18-24-22(19-23)20-25-26(21-15-13-14-16-21)28(32(4,5)6)30(34(10,11)12)29(27(24)25)33(7,8)9;1-3-7-12(8-4-1)11-13-9-5-2-6-10-13;/h13-15,17-20H,16H2,1-12H3;1-10H;/q-1;;. The molecular formula is C45H55Si2Zr-. The van der Waals surface area contributed by atoms with Crippen LogP contribution in [0.15, 0.2) is 103 Å². The number of benzene rings is 4. The molecule has 0 saturated carbocycles. The molecule has 0 nitrogen and oxygen atoms in total. The van der Waals surface area contributed by atoms with Gasteiger partial charge in [-0.1, -0.05) is 144 Å². The van der Waals surface area contributed by atoms with Crippen LogP contribution in [0.25, 0.3) is 27.1 Å². The molecule has 0 N–H and O–H groups in total. The molecule has 3 heteroatoms. The van der Waals surface area contributed by atoms with E-state index in [1.807, 2.05) is 0 Å². The first-order valence-electron chi connectivity index (χ1n) is 17.6. The Morgan fingerprint density at radius 2 is 1.23 bits per heavy atom. The maximum absolute atomic E-state index is 2.57. The molecule has 0 spiro atoms. The van der Waals surface area contributed by atoms with Crippen molar-refractivity contribution in [2.24, 2.45) is 0 Å². The minimum atomic E-state index is -1.66. The first-order chi connectivity index (χ1) is 22.3. The molecule has 0 aromatic heterocycles. The number of hydrogen-bond donors (Lipinski definition) is 0. The Hall–Kier alpha value is -2.58. The van der Waals surface area contributed by atoms with E-state index in [2.05, 4.69) is 184 Å². The average molecular weight is 743 g/mol. The Kier molecular flexibility index (Phi) is 10.4. The van der Waals surface area contributed by atoms with Gasteiger partial charge in [0.15, 0.2) is 0 Å². The van der Waals surface area contributed by atoms with Crippen LogP contribution in [-0.2, 0) is 35.1 Å². The first kappa shape index (κ1) is 36.7. The van der Waals surface area contributed by atoms with Crippen LogP contribution in [0.4, 0.5) is 0 Å². The van der Waals surface area contributed by atoms with Gasteiger partial charge in [-0.25, -0.2) is 0 Å². The van der Waals surface area contributed by atoms with E-state index in [-0.39, 0.29) is 10.8 Å². The van der Waals surface area contributed by atoms with Gasteiger partial charge in [0.25, 0.3) is 0 Å². The molecule has 0 heterocycles. The van der Waals surface area contributed by atoms with Gasteiger partial charge in [0, 0.05) is 0 Å². The van der Waals surface area contributed by atoms with Crippen LogP contribution >= 0.6 is 0 Å². The van der Waals surface area contributed by atoms with Gasteiger partial charge in [0.1, 0.15) is 0 Å². The van der Waals surface area contributed by atoms with Gasteiger partial charge < -0.3 is 0 Å². The zero-order valence-electron chi connectivity index (χ0n) is 31.5. The molecule has 5 aromatic carbocycles. The van der Waals surface area contributed by atoms with Gasteiger partial charge in [0.2, 0.25) is 0 Å². The van der Waals surface area contributed by atoms with Crippen molar-refractivity contribution in [3.8, 4) is 0 Å². The predicted octanol–water partition coefficient (Wildman–Crippen LogP) is 11.5. The van der Waals surface area contributed by atoms with Gasteiger partial charge in [0.05, 0.1) is 16.1 Å². The summed E-state index contributed by atoms with van der Waals surface area (Å²) in [5.41, 5.74) is 9.02. The quantitative estimate of drug-likeness (QED) is 0.124. The predicted molar refractivity (Wildman–Crippen MR) is 218 cm³/mol. The van der Waals surface area contributed by atoms with E-state index in [1.165, 1.54) is 65.9 Å². The normalized spacial score (nSPS) is 13.9. The van der Waals surface area contributed by atoms with Gasteiger partial charge in [-0.3, -0.25) is 0 Å². The fourth-order valence-electron chi connectivity index (χ4n) is 7.32. The van der Waals surface area contributed by atoms with Crippen LogP contribution < -0.4 is 10.4 Å². The number of rotatable bonds is 5. The molecule has 0 radical (unpaired) electrons. The molecule has 0 amide bonds. The van der Waals surface area contributed by atoms with Crippen molar-refractivity contribution < 1.29 is 24.2 Å². The van der Waals surface area contributed by atoms with Gasteiger partial charge in [-0.15, -0.1) is 33.7 Å². The van der Waals surface area contributed by atoms with E-state index in [4.69, 9.17) is 0 Å². The summed E-state index contributed by atoms with van der Waals surface area (Å²) in [5, 5.41) is 9.45. The molecule has 48 heavy (non-hydrogen) atoms. The average Bonchev–Trinajstić information content (AvgIpc) is 3.67. The molecule has 6 rings (SSSR count). The summed E-state index contributed by atoms with van der Waals surface area (Å²) in [6.45, 7) is 29.7. The number of hydrogen-bond acceptors (Lipinski definition) is 0. The fraction of sp³-hybridized carbons (Fsp3) is 0.333. The molecule has 0 atom stereocenters. The van der Waals surface area contributed by atoms with E-state index < -0.39 is 16.1 Å². The number of allylic oxidation sites excluding steroid dienone is 4. The summed E-state index contributed by atoms with van der Waals surface area (Å²) in [4.78, 5) is 0. The second-order valence-electron chi connectivity index (χ2n) is 17.7. The van der Waals surface area contributed by atoms with Crippen molar-refractivity contribution in [3.63, 3.8) is 0 Å². The third kappa shape index (κ3) is 7.59. The Bertz CT molecular complexity index is 1970. The first-order valence-corrected chi connectivity index (χ1v) is 25.8. The molecule has 0 saturated heterocycles. The van der Waals surface area contributed by atoms with E-state index in [1.54, 1.807) is 26.9 Å². The van der Waals surface area contributed by atoms with Crippen molar-refractivity contribution in [2.45, 2.75) is 98.1 Å². The minimum absolute atomic E-state index is 0.0942. The molecule has 1 aliphatic rings. The van der Waals surface area contributed by atoms with Crippen LogP contribution in [0.1, 0.15) is 75.8 Å². The van der Waals surface area contributed by atoms with E-state index in [0.717, 1.165) is 6.42 Å². The van der Waals surface area contributed by atoms with Crippen LogP contribution in [0, 0.1) is 0 Å². The summed E-state index contributed by atoms with van der Waals surface area (Å²) in [6, 6.07) is 30.9. The number of fused-ring (bicyclic) bond motifs is 3. The zero-order chi connectivity index (χ0) is 35.2. The van der Waals surface area contributed by atoms with Crippen LogP contribution in [-0.4, -0.2) is 19.4 Å². The third-order valence-corrected chi connectivity index (χ3v) is 15.2. The molecule has 0 bridgehead atoms. The maximum atomic E-state index is 2.57. The summed E-state index contributed by atoms with van der Waals surface area (Å²) in [6.07, 6.45) is 8.01. The van der Waals surface area contributed by atoms with Crippen molar-refractivity contribution >= 4 is 56.8 Å². The van der Waals surface area contributed by atoms with Gasteiger partial charge in [-0.05, 0) is 17.3 Å². The molecule has 5 aromatic rings. The molecule has 248 valence electrons. The zero-order valence-corrected chi connectivity index (χ0v) is 36.0. The van der Waals surface area contributed by atoms with Crippen molar-refractivity contribution in [1.29, 1.82) is 0 Å². The van der Waals surface area contributed by atoms with E-state index in [9.17, 15) is 0 Å². The molecular weight excluding hydrogens is 688 g/mol. The SMILES string of the molecule is CC(C)(C)c1ccc2c(c1)[cH-]c1c(C3=CC=CC3)c(C(C)(C)C)c([Si](C)(C)C)c([Si](C)(C)C)c12.[Zr]=[C](c1ccccc1)c1ccccc1. The van der Waals surface area contributed by atoms with E-state index in [0.29, 0.717) is 0 Å². The van der Waals surface area contributed by atoms with Crippen molar-refractivity contribution in [2.75, 3.05) is 0 Å². The molecule has 0 unspecified atom stereocenters. The Balaban J connectivity index is 0.000000267. The van der Waals surface area contributed by atoms with E-state index >= 15 is 0 Å². The Morgan fingerprint density at radius 1 is 0.688 bits per heavy atom. The van der Waals surface area contributed by atoms with Crippen molar-refractivity contribution in [1.82, 2.24) is 0 Å². The summed E-state index contributed by atoms with van der Waals surface area (Å²) < 4.78 is 1.42. The van der Waals surface area contributed by atoms with Crippen molar-refractivity contribution in [3.05, 3.63) is 131 Å². The molecule has 0 fully saturated rings. The van der Waals surface area contributed by atoms with Crippen LogP contribution in [0.5, 0.6) is 0 Å². The Morgan fingerprint density at radius 3 is 1.67 bits per heavy atom. The monoisotopic (exact) mass is 741 g/mol.